The highest BCUT2D eigenvalue weighted by atomic mass is 32.1. The van der Waals surface area contributed by atoms with E-state index in [1.54, 1.807) is 38.4 Å². The SMILES string of the molecule is CC(C)(C)OC(=O)NCCC(=O)Nc1ccc(-c2nncs2)cc1. The molecule has 0 aliphatic rings. The van der Waals surface area contributed by atoms with E-state index in [0.29, 0.717) is 5.69 Å². The molecule has 7 nitrogen and oxygen atoms in total. The summed E-state index contributed by atoms with van der Waals surface area (Å²) in [5.41, 5.74) is 2.75. The molecule has 2 N–H and O–H groups in total. The third-order valence-corrected chi connectivity index (χ3v) is 3.54. The van der Waals surface area contributed by atoms with E-state index in [-0.39, 0.29) is 18.9 Å². The third-order valence-electron chi connectivity index (χ3n) is 2.80. The first-order chi connectivity index (χ1) is 11.3. The zero-order valence-electron chi connectivity index (χ0n) is 13.8. The van der Waals surface area contributed by atoms with Crippen LogP contribution in [0.4, 0.5) is 10.5 Å². The molecule has 0 spiro atoms. The Balaban J connectivity index is 1.75. The number of nitrogens with zero attached hydrogens (tertiary/aromatic N) is 2. The predicted molar refractivity (Wildman–Crippen MR) is 92.8 cm³/mol. The first-order valence-corrected chi connectivity index (χ1v) is 8.35. The molecular weight excluding hydrogens is 328 g/mol. The maximum Gasteiger partial charge on any atom is 0.407 e. The average Bonchev–Trinajstić information content (AvgIpc) is 3.00. The highest BCUT2D eigenvalue weighted by Gasteiger charge is 2.15. The Bertz CT molecular complexity index is 678. The van der Waals surface area contributed by atoms with Crippen LogP contribution in [0, 0.1) is 0 Å². The minimum absolute atomic E-state index is 0.164. The maximum atomic E-state index is 11.9. The molecule has 0 saturated carbocycles. The molecule has 0 aliphatic carbocycles. The number of carbonyl (C=O) groups is 2. The van der Waals surface area contributed by atoms with Gasteiger partial charge < -0.3 is 15.4 Å². The van der Waals surface area contributed by atoms with E-state index in [2.05, 4.69) is 20.8 Å². The summed E-state index contributed by atoms with van der Waals surface area (Å²) in [6.45, 7) is 5.56. The molecule has 1 aromatic carbocycles. The van der Waals surface area contributed by atoms with Gasteiger partial charge in [-0.3, -0.25) is 4.79 Å². The molecular formula is C16H20N4O3S. The number of alkyl carbamates (subject to hydrolysis) is 1. The lowest BCUT2D eigenvalue weighted by Crippen LogP contribution is -2.34. The van der Waals surface area contributed by atoms with Gasteiger partial charge in [-0.05, 0) is 45.0 Å². The molecule has 0 bridgehead atoms. The van der Waals surface area contributed by atoms with Gasteiger partial charge in [0, 0.05) is 24.2 Å². The fourth-order valence-electron chi connectivity index (χ4n) is 1.81. The predicted octanol–water partition coefficient (Wildman–Crippen LogP) is 3.06. The first kappa shape index (κ1) is 17.9. The van der Waals surface area contributed by atoms with Crippen LogP contribution >= 0.6 is 11.3 Å². The summed E-state index contributed by atoms with van der Waals surface area (Å²) in [6, 6.07) is 7.34. The largest absolute Gasteiger partial charge is 0.444 e. The standard InChI is InChI=1S/C16H20N4O3S/c1-16(2,3)23-15(22)17-9-8-13(21)19-12-6-4-11(5-7-12)14-20-18-10-24-14/h4-7,10H,8-9H2,1-3H3,(H,17,22)(H,19,21). The molecule has 1 aromatic heterocycles. The number of aromatic nitrogens is 2. The first-order valence-electron chi connectivity index (χ1n) is 7.47. The van der Waals surface area contributed by atoms with Crippen molar-refractivity contribution in [3.8, 4) is 10.6 Å². The summed E-state index contributed by atoms with van der Waals surface area (Å²) < 4.78 is 5.09. The van der Waals surface area contributed by atoms with Crippen LogP contribution in [0.25, 0.3) is 10.6 Å². The Kier molecular flexibility index (Phi) is 5.86. The lowest BCUT2D eigenvalue weighted by molar-refractivity contribution is -0.116. The quantitative estimate of drug-likeness (QED) is 0.866. The molecule has 0 atom stereocenters. The van der Waals surface area contributed by atoms with Gasteiger partial charge >= 0.3 is 6.09 Å². The molecule has 0 unspecified atom stereocenters. The summed E-state index contributed by atoms with van der Waals surface area (Å²) in [4.78, 5) is 23.3. The Labute approximate surface area is 144 Å². The number of hydrogen-bond acceptors (Lipinski definition) is 6. The molecule has 1 heterocycles. The van der Waals surface area contributed by atoms with Gasteiger partial charge in [0.2, 0.25) is 5.91 Å². The molecule has 2 amide bonds. The molecule has 0 aliphatic heterocycles. The van der Waals surface area contributed by atoms with Crippen LogP contribution in [0.5, 0.6) is 0 Å². The van der Waals surface area contributed by atoms with Gasteiger partial charge in [0.25, 0.3) is 0 Å². The van der Waals surface area contributed by atoms with Crippen LogP contribution in [0.3, 0.4) is 0 Å². The van der Waals surface area contributed by atoms with Crippen molar-refractivity contribution < 1.29 is 14.3 Å². The summed E-state index contributed by atoms with van der Waals surface area (Å²) >= 11 is 1.45. The maximum absolute atomic E-state index is 11.9. The Morgan fingerprint density at radius 3 is 2.50 bits per heavy atom. The van der Waals surface area contributed by atoms with Crippen LogP contribution in [0.1, 0.15) is 27.2 Å². The number of benzene rings is 1. The van der Waals surface area contributed by atoms with Crippen molar-refractivity contribution in [2.75, 3.05) is 11.9 Å². The van der Waals surface area contributed by atoms with Crippen LogP contribution in [0.15, 0.2) is 29.8 Å². The van der Waals surface area contributed by atoms with E-state index < -0.39 is 11.7 Å². The molecule has 0 saturated heterocycles. The lowest BCUT2D eigenvalue weighted by atomic mass is 10.2. The van der Waals surface area contributed by atoms with Gasteiger partial charge in [0.1, 0.15) is 16.1 Å². The fraction of sp³-hybridized carbons (Fsp3) is 0.375. The molecule has 2 aromatic rings. The second-order valence-electron chi connectivity index (χ2n) is 6.05. The van der Waals surface area contributed by atoms with Crippen molar-refractivity contribution in [2.24, 2.45) is 0 Å². The van der Waals surface area contributed by atoms with E-state index in [1.807, 2.05) is 12.1 Å². The van der Waals surface area contributed by atoms with Crippen molar-refractivity contribution in [1.82, 2.24) is 15.5 Å². The third kappa shape index (κ3) is 5.96. The van der Waals surface area contributed by atoms with Gasteiger partial charge in [0.15, 0.2) is 0 Å². The number of ether oxygens (including phenoxy) is 1. The van der Waals surface area contributed by atoms with Gasteiger partial charge in [-0.2, -0.15) is 0 Å². The van der Waals surface area contributed by atoms with Crippen molar-refractivity contribution in [2.45, 2.75) is 32.8 Å². The summed E-state index contributed by atoms with van der Waals surface area (Å²) in [5.74, 6) is -0.185. The lowest BCUT2D eigenvalue weighted by Gasteiger charge is -2.19. The van der Waals surface area contributed by atoms with E-state index in [9.17, 15) is 9.59 Å². The van der Waals surface area contributed by atoms with Gasteiger partial charge in [-0.15, -0.1) is 10.2 Å². The van der Waals surface area contributed by atoms with Gasteiger partial charge in [-0.25, -0.2) is 4.79 Å². The van der Waals surface area contributed by atoms with Crippen LogP contribution in [0.2, 0.25) is 0 Å². The zero-order valence-corrected chi connectivity index (χ0v) is 14.6. The van der Waals surface area contributed by atoms with Crippen LogP contribution in [-0.4, -0.2) is 34.3 Å². The minimum atomic E-state index is -0.555. The van der Waals surface area contributed by atoms with Gasteiger partial charge in [0.05, 0.1) is 0 Å². The second-order valence-corrected chi connectivity index (χ2v) is 6.88. The summed E-state index contributed by atoms with van der Waals surface area (Å²) in [7, 11) is 0. The Morgan fingerprint density at radius 2 is 1.92 bits per heavy atom. The van der Waals surface area contributed by atoms with Gasteiger partial charge in [-0.1, -0.05) is 11.3 Å². The van der Waals surface area contributed by atoms with E-state index in [1.165, 1.54) is 11.3 Å². The molecule has 8 heteroatoms. The smallest absolute Gasteiger partial charge is 0.407 e. The fourth-order valence-corrected chi connectivity index (χ4v) is 2.37. The number of nitrogens with one attached hydrogen (secondary N) is 2. The second kappa shape index (κ2) is 7.87. The van der Waals surface area contributed by atoms with E-state index in [0.717, 1.165) is 10.6 Å². The van der Waals surface area contributed by atoms with Crippen LogP contribution < -0.4 is 10.6 Å². The average molecular weight is 348 g/mol. The Morgan fingerprint density at radius 1 is 1.21 bits per heavy atom. The zero-order chi connectivity index (χ0) is 17.6. The molecule has 24 heavy (non-hydrogen) atoms. The van der Waals surface area contributed by atoms with E-state index in [4.69, 9.17) is 4.74 Å². The topological polar surface area (TPSA) is 93.2 Å². The Hall–Kier alpha value is -2.48. The normalized spacial score (nSPS) is 11.0. The highest BCUT2D eigenvalue weighted by Crippen LogP contribution is 2.22. The summed E-state index contributed by atoms with van der Waals surface area (Å²) in [5, 5.41) is 13.9. The summed E-state index contributed by atoms with van der Waals surface area (Å²) in [6.07, 6.45) is -0.367. The molecule has 0 fully saturated rings. The number of carbonyl (C=O) groups excluding carboxylic acids is 2. The van der Waals surface area contributed by atoms with Crippen molar-refractivity contribution in [3.63, 3.8) is 0 Å². The van der Waals surface area contributed by atoms with Crippen LogP contribution in [-0.2, 0) is 9.53 Å². The monoisotopic (exact) mass is 348 g/mol. The highest BCUT2D eigenvalue weighted by molar-refractivity contribution is 7.12. The minimum Gasteiger partial charge on any atom is -0.444 e. The molecule has 0 radical (unpaired) electrons. The van der Waals surface area contributed by atoms with E-state index >= 15 is 0 Å². The molecule has 128 valence electrons. The number of hydrogen-bond donors (Lipinski definition) is 2. The number of amides is 2. The number of rotatable bonds is 5. The van der Waals surface area contributed by atoms with Crippen molar-refractivity contribution >= 4 is 29.0 Å². The molecule has 2 rings (SSSR count). The van der Waals surface area contributed by atoms with Crippen molar-refractivity contribution in [1.29, 1.82) is 0 Å². The number of anilines is 1. The van der Waals surface area contributed by atoms with Crippen molar-refractivity contribution in [3.05, 3.63) is 29.8 Å².